The van der Waals surface area contributed by atoms with Crippen molar-refractivity contribution < 1.29 is 4.79 Å². The molecule has 3 heterocycles. The molecule has 1 aliphatic heterocycles. The number of amides is 1. The van der Waals surface area contributed by atoms with Gasteiger partial charge in [0, 0.05) is 24.6 Å². The number of piperidine rings is 1. The average molecular weight is 380 g/mol. The standard InChI is InChI=1S/C18H25N5O2.ClH/c1-3-22(13-4-5-13)18(25)16-11(2)21-23-14(10-15(24)20-17(16)23)12-6-8-19-9-7-12;/h10,12-13,19H,3-9H2,1-2H3,(H,20,24);1H. The molecular formula is C18H26ClN5O2. The highest BCUT2D eigenvalue weighted by Crippen LogP contribution is 2.30. The molecule has 2 N–H and O–H groups in total. The van der Waals surface area contributed by atoms with Crippen LogP contribution in [-0.2, 0) is 0 Å². The second-order valence-corrected chi connectivity index (χ2v) is 7.13. The summed E-state index contributed by atoms with van der Waals surface area (Å²) in [4.78, 5) is 30.1. The summed E-state index contributed by atoms with van der Waals surface area (Å²) in [6.07, 6.45) is 4.08. The number of nitrogens with one attached hydrogen (secondary N) is 2. The van der Waals surface area contributed by atoms with Crippen LogP contribution in [0.15, 0.2) is 10.9 Å². The lowest BCUT2D eigenvalue weighted by Crippen LogP contribution is -2.33. The van der Waals surface area contributed by atoms with Gasteiger partial charge in [0.25, 0.3) is 11.5 Å². The first-order chi connectivity index (χ1) is 12.1. The van der Waals surface area contributed by atoms with E-state index < -0.39 is 0 Å². The minimum Gasteiger partial charge on any atom is -0.336 e. The molecule has 0 unspecified atom stereocenters. The quantitative estimate of drug-likeness (QED) is 0.849. The molecule has 26 heavy (non-hydrogen) atoms. The smallest absolute Gasteiger partial charge is 0.259 e. The van der Waals surface area contributed by atoms with Crippen molar-refractivity contribution in [3.63, 3.8) is 0 Å². The van der Waals surface area contributed by atoms with Crippen LogP contribution >= 0.6 is 12.4 Å². The summed E-state index contributed by atoms with van der Waals surface area (Å²) in [5, 5.41) is 7.97. The van der Waals surface area contributed by atoms with Crippen molar-refractivity contribution in [2.45, 2.75) is 51.5 Å². The van der Waals surface area contributed by atoms with Crippen LogP contribution < -0.4 is 10.9 Å². The third kappa shape index (κ3) is 3.25. The molecule has 1 saturated heterocycles. The molecule has 7 nitrogen and oxygen atoms in total. The molecule has 4 rings (SSSR count). The van der Waals surface area contributed by atoms with Gasteiger partial charge in [-0.2, -0.15) is 5.10 Å². The summed E-state index contributed by atoms with van der Waals surface area (Å²) in [6.45, 7) is 6.41. The van der Waals surface area contributed by atoms with Gasteiger partial charge in [-0.15, -0.1) is 12.4 Å². The first-order valence-electron chi connectivity index (χ1n) is 9.24. The topological polar surface area (TPSA) is 82.5 Å². The van der Waals surface area contributed by atoms with Crippen LogP contribution in [0.1, 0.15) is 60.3 Å². The van der Waals surface area contributed by atoms with Crippen molar-refractivity contribution in [3.8, 4) is 0 Å². The number of hydrogen-bond acceptors (Lipinski definition) is 4. The summed E-state index contributed by atoms with van der Waals surface area (Å²) < 4.78 is 1.79. The lowest BCUT2D eigenvalue weighted by Gasteiger charge is -2.23. The van der Waals surface area contributed by atoms with Gasteiger partial charge in [0.05, 0.1) is 11.4 Å². The van der Waals surface area contributed by atoms with Gasteiger partial charge >= 0.3 is 0 Å². The number of halogens is 1. The summed E-state index contributed by atoms with van der Waals surface area (Å²) in [5.41, 5.74) is 2.52. The number of H-pyrrole nitrogens is 1. The Labute approximate surface area is 158 Å². The molecular weight excluding hydrogens is 354 g/mol. The molecule has 1 saturated carbocycles. The molecule has 8 heteroatoms. The summed E-state index contributed by atoms with van der Waals surface area (Å²) in [6, 6.07) is 1.98. The molecule has 0 spiro atoms. The van der Waals surface area contributed by atoms with Crippen LogP contribution in [0.5, 0.6) is 0 Å². The number of aromatic amines is 1. The molecule has 2 aliphatic rings. The number of aromatic nitrogens is 3. The number of hydrogen-bond donors (Lipinski definition) is 2. The minimum atomic E-state index is -0.163. The number of fused-ring (bicyclic) bond motifs is 1. The molecule has 0 aromatic carbocycles. The second-order valence-electron chi connectivity index (χ2n) is 7.13. The Kier molecular flexibility index (Phi) is 5.39. The second kappa shape index (κ2) is 7.40. The zero-order chi connectivity index (χ0) is 17.6. The molecule has 2 aromatic heterocycles. The van der Waals surface area contributed by atoms with Crippen molar-refractivity contribution in [2.75, 3.05) is 19.6 Å². The molecule has 1 amide bonds. The highest BCUT2D eigenvalue weighted by Gasteiger charge is 2.34. The first kappa shape index (κ1) is 18.9. The van der Waals surface area contributed by atoms with Crippen LogP contribution in [0.4, 0.5) is 0 Å². The van der Waals surface area contributed by atoms with E-state index in [1.807, 2.05) is 18.7 Å². The minimum absolute atomic E-state index is 0. The molecule has 0 bridgehead atoms. The summed E-state index contributed by atoms with van der Waals surface area (Å²) >= 11 is 0. The maximum atomic E-state index is 13.1. The lowest BCUT2D eigenvalue weighted by molar-refractivity contribution is 0.0753. The largest absolute Gasteiger partial charge is 0.336 e. The van der Waals surface area contributed by atoms with Gasteiger partial charge in [0.2, 0.25) is 0 Å². The van der Waals surface area contributed by atoms with E-state index in [1.165, 1.54) is 0 Å². The Hall–Kier alpha value is -1.86. The van der Waals surface area contributed by atoms with Gasteiger partial charge in [-0.3, -0.25) is 9.59 Å². The maximum absolute atomic E-state index is 13.1. The lowest BCUT2D eigenvalue weighted by atomic mass is 9.94. The Bertz CT molecular complexity index is 864. The zero-order valence-corrected chi connectivity index (χ0v) is 16.1. The van der Waals surface area contributed by atoms with Crippen molar-refractivity contribution in [3.05, 3.63) is 33.4 Å². The van der Waals surface area contributed by atoms with Gasteiger partial charge in [0.15, 0.2) is 0 Å². The predicted octanol–water partition coefficient (Wildman–Crippen LogP) is 1.84. The van der Waals surface area contributed by atoms with Crippen LogP contribution in [0.25, 0.3) is 5.65 Å². The molecule has 0 atom stereocenters. The molecule has 2 aromatic rings. The van der Waals surface area contributed by atoms with Crippen LogP contribution in [0.3, 0.4) is 0 Å². The fraction of sp³-hybridized carbons (Fsp3) is 0.611. The van der Waals surface area contributed by atoms with E-state index in [4.69, 9.17) is 0 Å². The highest BCUT2D eigenvalue weighted by molar-refractivity contribution is 6.01. The fourth-order valence-corrected chi connectivity index (χ4v) is 3.94. The van der Waals surface area contributed by atoms with Crippen molar-refractivity contribution in [1.29, 1.82) is 0 Å². The summed E-state index contributed by atoms with van der Waals surface area (Å²) in [7, 11) is 0. The Morgan fingerprint density at radius 1 is 1.31 bits per heavy atom. The van der Waals surface area contributed by atoms with E-state index >= 15 is 0 Å². The zero-order valence-electron chi connectivity index (χ0n) is 15.2. The van der Waals surface area contributed by atoms with Gasteiger partial charge in [-0.25, -0.2) is 4.52 Å². The van der Waals surface area contributed by atoms with Crippen LogP contribution in [-0.4, -0.2) is 51.1 Å². The van der Waals surface area contributed by atoms with Crippen molar-refractivity contribution >= 4 is 24.0 Å². The maximum Gasteiger partial charge on any atom is 0.259 e. The van der Waals surface area contributed by atoms with Gasteiger partial charge in [-0.05, 0) is 52.6 Å². The van der Waals surface area contributed by atoms with E-state index in [9.17, 15) is 9.59 Å². The monoisotopic (exact) mass is 379 g/mol. The SMILES string of the molecule is CCN(C(=O)c1c(C)nn2c(C3CCNCC3)cc(=O)[nH]c12)C1CC1.Cl. The third-order valence-electron chi connectivity index (χ3n) is 5.39. The van der Waals surface area contributed by atoms with E-state index in [0.29, 0.717) is 35.4 Å². The normalized spacial score (nSPS) is 17.9. The molecule has 2 fully saturated rings. The Morgan fingerprint density at radius 2 is 2.00 bits per heavy atom. The number of carbonyl (C=O) groups is 1. The average Bonchev–Trinajstić information content (AvgIpc) is 3.38. The van der Waals surface area contributed by atoms with Gasteiger partial charge in [-0.1, -0.05) is 0 Å². The highest BCUT2D eigenvalue weighted by atomic mass is 35.5. The van der Waals surface area contributed by atoms with E-state index in [1.54, 1.807) is 10.6 Å². The predicted molar refractivity (Wildman–Crippen MR) is 102 cm³/mol. The van der Waals surface area contributed by atoms with E-state index in [2.05, 4.69) is 15.4 Å². The first-order valence-corrected chi connectivity index (χ1v) is 9.24. The molecule has 1 aliphatic carbocycles. The van der Waals surface area contributed by atoms with E-state index in [0.717, 1.165) is 44.5 Å². The van der Waals surface area contributed by atoms with E-state index in [-0.39, 0.29) is 23.9 Å². The number of rotatable bonds is 4. The Balaban J connectivity index is 0.00000196. The molecule has 0 radical (unpaired) electrons. The summed E-state index contributed by atoms with van der Waals surface area (Å²) in [5.74, 6) is 0.273. The van der Waals surface area contributed by atoms with Crippen molar-refractivity contribution in [1.82, 2.24) is 24.8 Å². The van der Waals surface area contributed by atoms with Gasteiger partial charge in [0.1, 0.15) is 11.2 Å². The van der Waals surface area contributed by atoms with Crippen LogP contribution in [0.2, 0.25) is 0 Å². The van der Waals surface area contributed by atoms with Crippen molar-refractivity contribution in [2.24, 2.45) is 0 Å². The third-order valence-corrected chi connectivity index (χ3v) is 5.39. The number of aryl methyl sites for hydroxylation is 1. The van der Waals surface area contributed by atoms with Crippen LogP contribution in [0, 0.1) is 6.92 Å². The number of nitrogens with zero attached hydrogens (tertiary/aromatic N) is 3. The molecule has 142 valence electrons. The number of carbonyl (C=O) groups excluding carboxylic acids is 1. The Morgan fingerprint density at radius 3 is 2.62 bits per heavy atom. The van der Waals surface area contributed by atoms with Gasteiger partial charge < -0.3 is 15.2 Å². The fourth-order valence-electron chi connectivity index (χ4n) is 3.94.